The third-order valence-electron chi connectivity index (χ3n) is 5.19. The van der Waals surface area contributed by atoms with Gasteiger partial charge in [-0.05, 0) is 24.6 Å². The van der Waals surface area contributed by atoms with Crippen LogP contribution in [0.25, 0.3) is 5.70 Å². The maximum absolute atomic E-state index is 12.2. The van der Waals surface area contributed by atoms with Crippen LogP contribution in [-0.2, 0) is 9.53 Å². The van der Waals surface area contributed by atoms with E-state index >= 15 is 0 Å². The number of nitrogens with two attached hydrogens (primary N) is 1. The number of carbonyl (C=O) groups excluding carboxylic acids is 2. The molecule has 0 aromatic heterocycles. The number of anilines is 1. The van der Waals surface area contributed by atoms with E-state index in [1.165, 1.54) is 7.11 Å². The van der Waals surface area contributed by atoms with Crippen LogP contribution in [0.4, 0.5) is 10.5 Å². The molecular weight excluding hydrogens is 330 g/mol. The van der Waals surface area contributed by atoms with Gasteiger partial charge in [0, 0.05) is 35.8 Å². The Morgan fingerprint density at radius 1 is 1.27 bits per heavy atom. The van der Waals surface area contributed by atoms with Crippen molar-refractivity contribution in [1.82, 2.24) is 4.90 Å². The van der Waals surface area contributed by atoms with Gasteiger partial charge in [-0.25, -0.2) is 4.79 Å². The number of allylic oxidation sites excluding steroid dienone is 2. The second-order valence-corrected chi connectivity index (χ2v) is 6.60. The van der Waals surface area contributed by atoms with E-state index in [1.54, 1.807) is 4.90 Å². The Morgan fingerprint density at radius 3 is 2.85 bits per heavy atom. The van der Waals surface area contributed by atoms with E-state index in [-0.39, 0.29) is 17.9 Å². The monoisotopic (exact) mass is 351 g/mol. The molecule has 0 radical (unpaired) electrons. The van der Waals surface area contributed by atoms with Gasteiger partial charge in [0.2, 0.25) is 0 Å². The van der Waals surface area contributed by atoms with Crippen LogP contribution >= 0.6 is 0 Å². The fourth-order valence-electron chi connectivity index (χ4n) is 4.07. The Balaban J connectivity index is 1.73. The standard InChI is InChI=1S/C20H21N3O3/c1-26-19(24)10-5-11-22-15-8-4-9-17-14(15)12-18(22)13-6-2-3-7-16(13)23(17)20(21)25/h2-4,6-9,12,14,17H,5,10-11H2,1H3,(H2,21,25). The summed E-state index contributed by atoms with van der Waals surface area (Å²) in [5, 5.41) is 0. The Kier molecular flexibility index (Phi) is 4.03. The highest BCUT2D eigenvalue weighted by Gasteiger charge is 2.43. The topological polar surface area (TPSA) is 75.9 Å². The summed E-state index contributed by atoms with van der Waals surface area (Å²) in [6, 6.07) is 7.23. The van der Waals surface area contributed by atoms with Crippen molar-refractivity contribution in [2.45, 2.75) is 18.9 Å². The van der Waals surface area contributed by atoms with Crippen LogP contribution in [0, 0.1) is 5.92 Å². The summed E-state index contributed by atoms with van der Waals surface area (Å²) >= 11 is 0. The van der Waals surface area contributed by atoms with Crippen LogP contribution in [0.1, 0.15) is 18.4 Å². The van der Waals surface area contributed by atoms with Crippen molar-refractivity contribution >= 4 is 23.4 Å². The highest BCUT2D eigenvalue weighted by Crippen LogP contribution is 2.47. The smallest absolute Gasteiger partial charge is 0.319 e. The van der Waals surface area contributed by atoms with E-state index in [4.69, 9.17) is 10.5 Å². The van der Waals surface area contributed by atoms with Crippen molar-refractivity contribution < 1.29 is 14.3 Å². The summed E-state index contributed by atoms with van der Waals surface area (Å²) in [5.41, 5.74) is 9.74. The molecule has 6 nitrogen and oxygen atoms in total. The summed E-state index contributed by atoms with van der Waals surface area (Å²) < 4.78 is 4.74. The lowest BCUT2D eigenvalue weighted by Gasteiger charge is -2.39. The first-order valence-electron chi connectivity index (χ1n) is 8.74. The fourth-order valence-corrected chi connectivity index (χ4v) is 4.07. The van der Waals surface area contributed by atoms with Crippen molar-refractivity contribution in [2.75, 3.05) is 18.6 Å². The predicted molar refractivity (Wildman–Crippen MR) is 98.9 cm³/mol. The third kappa shape index (κ3) is 2.49. The molecule has 0 fully saturated rings. The quantitative estimate of drug-likeness (QED) is 0.846. The molecule has 1 aromatic carbocycles. The minimum absolute atomic E-state index is 0.0630. The average Bonchev–Trinajstić information content (AvgIpc) is 2.93. The van der Waals surface area contributed by atoms with Crippen LogP contribution in [0.2, 0.25) is 0 Å². The second kappa shape index (κ2) is 6.37. The number of primary amides is 1. The number of benzene rings is 1. The Hall–Kier alpha value is -3.02. The van der Waals surface area contributed by atoms with Crippen LogP contribution < -0.4 is 10.6 Å². The van der Waals surface area contributed by atoms with Crippen molar-refractivity contribution in [2.24, 2.45) is 11.7 Å². The second-order valence-electron chi connectivity index (χ2n) is 6.60. The first-order valence-corrected chi connectivity index (χ1v) is 8.74. The molecule has 2 N–H and O–H groups in total. The van der Waals surface area contributed by atoms with Gasteiger partial charge in [0.1, 0.15) is 0 Å². The zero-order valence-electron chi connectivity index (χ0n) is 14.6. The number of nitrogens with zero attached hydrogens (tertiary/aromatic N) is 2. The number of hydrogen-bond donors (Lipinski definition) is 1. The van der Waals surface area contributed by atoms with Gasteiger partial charge in [-0.15, -0.1) is 0 Å². The van der Waals surface area contributed by atoms with Crippen molar-refractivity contribution in [1.29, 1.82) is 0 Å². The van der Waals surface area contributed by atoms with E-state index in [2.05, 4.69) is 17.1 Å². The van der Waals surface area contributed by atoms with Gasteiger partial charge in [0.15, 0.2) is 0 Å². The molecule has 0 saturated carbocycles. The van der Waals surface area contributed by atoms with Gasteiger partial charge in [-0.1, -0.05) is 30.4 Å². The fraction of sp³-hybridized carbons (Fsp3) is 0.300. The van der Waals surface area contributed by atoms with Crippen LogP contribution in [0.5, 0.6) is 0 Å². The first-order chi connectivity index (χ1) is 12.6. The van der Waals surface area contributed by atoms with E-state index in [0.717, 1.165) is 22.6 Å². The highest BCUT2D eigenvalue weighted by atomic mass is 16.5. The molecule has 2 bridgehead atoms. The third-order valence-corrected chi connectivity index (χ3v) is 5.19. The number of rotatable bonds is 4. The summed E-state index contributed by atoms with van der Waals surface area (Å²) in [5.74, 6) is -0.137. The molecule has 2 amide bonds. The minimum atomic E-state index is -0.452. The maximum Gasteiger partial charge on any atom is 0.319 e. The van der Waals surface area contributed by atoms with Gasteiger partial charge < -0.3 is 15.4 Å². The normalized spacial score (nSPS) is 22.3. The summed E-state index contributed by atoms with van der Waals surface area (Å²) in [6.07, 6.45) is 9.37. The van der Waals surface area contributed by atoms with Crippen LogP contribution in [0.3, 0.4) is 0 Å². The molecule has 0 saturated heterocycles. The summed E-state index contributed by atoms with van der Waals surface area (Å²) in [7, 11) is 1.41. The van der Waals surface area contributed by atoms with Gasteiger partial charge in [-0.2, -0.15) is 0 Å². The number of para-hydroxylation sites is 1. The molecule has 2 unspecified atom stereocenters. The zero-order chi connectivity index (χ0) is 18.3. The van der Waals surface area contributed by atoms with E-state index in [9.17, 15) is 9.59 Å². The molecule has 2 atom stereocenters. The van der Waals surface area contributed by atoms with Gasteiger partial charge in [0.05, 0.1) is 18.8 Å². The van der Waals surface area contributed by atoms with Gasteiger partial charge in [0.25, 0.3) is 0 Å². The first kappa shape index (κ1) is 16.4. The van der Waals surface area contributed by atoms with Crippen molar-refractivity contribution in [3.05, 3.63) is 59.8 Å². The molecule has 2 aliphatic heterocycles. The maximum atomic E-state index is 12.2. The zero-order valence-corrected chi connectivity index (χ0v) is 14.6. The number of hydrogen-bond acceptors (Lipinski definition) is 4. The molecule has 26 heavy (non-hydrogen) atoms. The lowest BCUT2D eigenvalue weighted by molar-refractivity contribution is -0.140. The van der Waals surface area contributed by atoms with Crippen molar-refractivity contribution in [3.63, 3.8) is 0 Å². The van der Waals surface area contributed by atoms with E-state index in [0.29, 0.717) is 19.4 Å². The summed E-state index contributed by atoms with van der Waals surface area (Å²) in [4.78, 5) is 27.6. The molecule has 3 aliphatic rings. The Bertz CT molecular complexity index is 856. The number of ether oxygens (including phenoxy) is 1. The molecule has 0 spiro atoms. The molecule has 1 aromatic rings. The molecule has 2 heterocycles. The molecule has 4 rings (SSSR count). The van der Waals surface area contributed by atoms with Crippen LogP contribution in [0.15, 0.2) is 54.3 Å². The van der Waals surface area contributed by atoms with E-state index in [1.807, 2.05) is 36.4 Å². The summed E-state index contributed by atoms with van der Waals surface area (Å²) in [6.45, 7) is 0.717. The number of methoxy groups -OCH3 is 1. The molecule has 134 valence electrons. The SMILES string of the molecule is COC(=O)CCCN1C2=CC3C1=CC=CC3N(C(N)=O)c1ccccc12. The number of fused-ring (bicyclic) bond motifs is 2. The number of carbonyl (C=O) groups is 2. The molecule has 6 heteroatoms. The van der Waals surface area contributed by atoms with Gasteiger partial charge in [-0.3, -0.25) is 9.69 Å². The number of amides is 2. The largest absolute Gasteiger partial charge is 0.469 e. The highest BCUT2D eigenvalue weighted by molar-refractivity contribution is 5.97. The minimum Gasteiger partial charge on any atom is -0.469 e. The lowest BCUT2D eigenvalue weighted by Crippen LogP contribution is -2.48. The Morgan fingerprint density at radius 2 is 2.08 bits per heavy atom. The Labute approximate surface area is 152 Å². The predicted octanol–water partition coefficient (Wildman–Crippen LogP) is 2.63. The van der Waals surface area contributed by atoms with Crippen LogP contribution in [-0.4, -0.2) is 36.6 Å². The number of esters is 1. The molecular formula is C20H21N3O3. The van der Waals surface area contributed by atoms with Gasteiger partial charge >= 0.3 is 12.0 Å². The number of urea groups is 1. The van der Waals surface area contributed by atoms with Crippen molar-refractivity contribution in [3.8, 4) is 0 Å². The molecule has 1 aliphatic carbocycles. The van der Waals surface area contributed by atoms with E-state index < -0.39 is 6.03 Å². The average molecular weight is 351 g/mol. The lowest BCUT2D eigenvalue weighted by atomic mass is 9.91.